The molecular weight excluding hydrogens is 207 g/mol. The molecule has 0 bridgehead atoms. The predicted molar refractivity (Wildman–Crippen MR) is 37.6 cm³/mol. The van der Waals surface area contributed by atoms with E-state index in [9.17, 15) is 4.79 Å². The molecule has 0 radical (unpaired) electrons. The van der Waals surface area contributed by atoms with Crippen molar-refractivity contribution in [3.05, 3.63) is 26.3 Å². The Balaban J connectivity index is 3.33. The van der Waals surface area contributed by atoms with Gasteiger partial charge in [-0.05, 0) is 15.9 Å². The van der Waals surface area contributed by atoms with Gasteiger partial charge >= 0.3 is 0 Å². The molecule has 3 nitrogen and oxygen atoms in total. The number of nitrogens with zero attached hydrogens (tertiary/aromatic N) is 1. The van der Waals surface area contributed by atoms with Crippen LogP contribution in [0.1, 0.15) is 0 Å². The molecule has 0 fully saturated rings. The van der Waals surface area contributed by atoms with Crippen LogP contribution >= 0.6 is 27.5 Å². The summed E-state index contributed by atoms with van der Waals surface area (Å²) in [5, 5.41) is 0.186. The van der Waals surface area contributed by atoms with Gasteiger partial charge in [-0.1, -0.05) is 11.6 Å². The molecule has 0 atom stereocenters. The van der Waals surface area contributed by atoms with E-state index in [0.717, 1.165) is 0 Å². The molecule has 0 aliphatic rings. The highest BCUT2D eigenvalue weighted by atomic mass is 79.9. The van der Waals surface area contributed by atoms with Crippen molar-refractivity contribution in [2.24, 2.45) is 0 Å². The Morgan fingerprint density at radius 2 is 2.44 bits per heavy atom. The second kappa shape index (κ2) is 2.49. The molecule has 0 aliphatic heterocycles. The van der Waals surface area contributed by atoms with E-state index in [1.807, 2.05) is 0 Å². The number of nitrogens with one attached hydrogen (secondary N) is 1. The highest BCUT2D eigenvalue weighted by Gasteiger charge is 1.92. The van der Waals surface area contributed by atoms with Crippen molar-refractivity contribution in [1.82, 2.24) is 9.97 Å². The third-order valence-electron chi connectivity index (χ3n) is 0.682. The van der Waals surface area contributed by atoms with E-state index in [0.29, 0.717) is 4.73 Å². The molecule has 1 rings (SSSR count). The van der Waals surface area contributed by atoms with Crippen molar-refractivity contribution in [1.29, 1.82) is 0 Å². The van der Waals surface area contributed by atoms with Gasteiger partial charge in [0.05, 0.1) is 0 Å². The molecule has 1 N–H and O–H groups in total. The Kier molecular flexibility index (Phi) is 1.87. The molecule has 0 saturated heterocycles. The van der Waals surface area contributed by atoms with E-state index < -0.39 is 0 Å². The van der Waals surface area contributed by atoms with Gasteiger partial charge in [-0.25, -0.2) is 4.98 Å². The van der Waals surface area contributed by atoms with Gasteiger partial charge in [0.2, 0.25) is 0 Å². The van der Waals surface area contributed by atoms with Gasteiger partial charge in [0.1, 0.15) is 5.15 Å². The Hall–Kier alpha value is -0.350. The van der Waals surface area contributed by atoms with E-state index >= 15 is 0 Å². The van der Waals surface area contributed by atoms with Crippen molar-refractivity contribution >= 4 is 27.5 Å². The maximum atomic E-state index is 10.5. The number of halogens is 2. The van der Waals surface area contributed by atoms with E-state index in [1.165, 1.54) is 6.07 Å². The molecule has 0 aliphatic carbocycles. The number of aromatic amines is 1. The minimum atomic E-state index is -0.262. The van der Waals surface area contributed by atoms with Crippen LogP contribution in [0.2, 0.25) is 5.15 Å². The maximum absolute atomic E-state index is 10.5. The molecule has 5 heteroatoms. The summed E-state index contributed by atoms with van der Waals surface area (Å²) in [4.78, 5) is 16.5. The Labute approximate surface area is 64.2 Å². The van der Waals surface area contributed by atoms with Gasteiger partial charge in [-0.15, -0.1) is 0 Å². The lowest BCUT2D eigenvalue weighted by atomic mass is 10.7. The van der Waals surface area contributed by atoms with Gasteiger partial charge in [-0.2, -0.15) is 0 Å². The van der Waals surface area contributed by atoms with E-state index in [-0.39, 0.29) is 10.7 Å². The van der Waals surface area contributed by atoms with Gasteiger partial charge in [0.25, 0.3) is 5.56 Å². The minimum absolute atomic E-state index is 0.186. The third kappa shape index (κ3) is 1.80. The van der Waals surface area contributed by atoms with Gasteiger partial charge in [0.15, 0.2) is 4.73 Å². The van der Waals surface area contributed by atoms with Crippen LogP contribution in [-0.4, -0.2) is 9.97 Å². The molecule has 0 amide bonds. The lowest BCUT2D eigenvalue weighted by molar-refractivity contribution is 1.07. The zero-order valence-electron chi connectivity index (χ0n) is 4.19. The molecule has 1 aromatic rings. The highest BCUT2D eigenvalue weighted by molar-refractivity contribution is 9.10. The van der Waals surface area contributed by atoms with Crippen LogP contribution in [0.5, 0.6) is 0 Å². The molecule has 1 heterocycles. The summed E-state index contributed by atoms with van der Waals surface area (Å²) in [5.41, 5.74) is -0.262. The van der Waals surface area contributed by atoms with Crippen LogP contribution in [0.25, 0.3) is 0 Å². The fourth-order valence-corrected chi connectivity index (χ4v) is 1.07. The van der Waals surface area contributed by atoms with Crippen molar-refractivity contribution in [3.63, 3.8) is 0 Å². The summed E-state index contributed by atoms with van der Waals surface area (Å²) >= 11 is 8.35. The van der Waals surface area contributed by atoms with Crippen LogP contribution in [0.3, 0.4) is 0 Å². The first-order valence-corrected chi connectivity index (χ1v) is 3.28. The summed E-state index contributed by atoms with van der Waals surface area (Å²) in [6.07, 6.45) is 0. The van der Waals surface area contributed by atoms with E-state index in [1.54, 1.807) is 0 Å². The van der Waals surface area contributed by atoms with Gasteiger partial charge in [-0.3, -0.25) is 4.79 Å². The summed E-state index contributed by atoms with van der Waals surface area (Å²) in [6, 6.07) is 1.20. The fraction of sp³-hybridized carbons (Fsp3) is 0. The van der Waals surface area contributed by atoms with Crippen LogP contribution in [0, 0.1) is 0 Å². The van der Waals surface area contributed by atoms with Gasteiger partial charge < -0.3 is 4.98 Å². The Morgan fingerprint density at radius 1 is 1.78 bits per heavy atom. The number of aromatic nitrogens is 2. The second-order valence-electron chi connectivity index (χ2n) is 1.36. The van der Waals surface area contributed by atoms with Crippen LogP contribution in [0.15, 0.2) is 15.6 Å². The topological polar surface area (TPSA) is 45.8 Å². The molecule has 0 unspecified atom stereocenters. The SMILES string of the molecule is O=c1cc(Cl)nc(Br)[nH]1. The zero-order valence-corrected chi connectivity index (χ0v) is 6.53. The fourth-order valence-electron chi connectivity index (χ4n) is 0.400. The highest BCUT2D eigenvalue weighted by Crippen LogP contribution is 2.03. The lowest BCUT2D eigenvalue weighted by Gasteiger charge is -1.87. The zero-order chi connectivity index (χ0) is 6.85. The summed E-state index contributed by atoms with van der Waals surface area (Å²) in [6.45, 7) is 0. The van der Waals surface area contributed by atoms with Crippen LogP contribution in [0.4, 0.5) is 0 Å². The number of hydrogen-bond acceptors (Lipinski definition) is 2. The normalized spacial score (nSPS) is 9.56. The second-order valence-corrected chi connectivity index (χ2v) is 2.50. The standard InChI is InChI=1S/C4H2BrClN2O/c5-4-7-2(6)1-3(9)8-4/h1H,(H,7,8,9). The number of hydrogen-bond donors (Lipinski definition) is 1. The predicted octanol–water partition coefficient (Wildman–Crippen LogP) is 1.19. The first-order chi connectivity index (χ1) is 4.18. The monoisotopic (exact) mass is 208 g/mol. The molecule has 9 heavy (non-hydrogen) atoms. The van der Waals surface area contributed by atoms with Crippen LogP contribution < -0.4 is 5.56 Å². The third-order valence-corrected chi connectivity index (χ3v) is 1.25. The average Bonchev–Trinajstić information content (AvgIpc) is 1.59. The average molecular weight is 209 g/mol. The largest absolute Gasteiger partial charge is 0.301 e. The molecule has 48 valence electrons. The van der Waals surface area contributed by atoms with Gasteiger partial charge in [0, 0.05) is 6.07 Å². The maximum Gasteiger partial charge on any atom is 0.253 e. The lowest BCUT2D eigenvalue weighted by Crippen LogP contribution is -2.04. The molecular formula is C4H2BrClN2O. The Morgan fingerprint density at radius 3 is 2.89 bits per heavy atom. The molecule has 1 aromatic heterocycles. The first-order valence-electron chi connectivity index (χ1n) is 2.11. The van der Waals surface area contributed by atoms with Crippen molar-refractivity contribution < 1.29 is 0 Å². The minimum Gasteiger partial charge on any atom is -0.301 e. The van der Waals surface area contributed by atoms with E-state index in [4.69, 9.17) is 11.6 Å². The van der Waals surface area contributed by atoms with Crippen LogP contribution in [-0.2, 0) is 0 Å². The summed E-state index contributed by atoms with van der Waals surface area (Å²) < 4.78 is 0.347. The Bertz CT molecular complexity index is 248. The summed E-state index contributed by atoms with van der Waals surface area (Å²) in [5.74, 6) is 0. The number of rotatable bonds is 0. The van der Waals surface area contributed by atoms with Crippen molar-refractivity contribution in [2.45, 2.75) is 0 Å². The number of H-pyrrole nitrogens is 1. The van der Waals surface area contributed by atoms with Crippen molar-refractivity contribution in [2.75, 3.05) is 0 Å². The smallest absolute Gasteiger partial charge is 0.253 e. The quantitative estimate of drug-likeness (QED) is 0.515. The molecule has 0 aromatic carbocycles. The van der Waals surface area contributed by atoms with Crippen molar-refractivity contribution in [3.8, 4) is 0 Å². The summed E-state index contributed by atoms with van der Waals surface area (Å²) in [7, 11) is 0. The molecule has 0 spiro atoms. The first kappa shape index (κ1) is 6.77. The molecule has 0 saturated carbocycles. The van der Waals surface area contributed by atoms with E-state index in [2.05, 4.69) is 25.9 Å².